The molecule has 1 atom stereocenters. The maximum atomic E-state index is 13.8. The van der Waals surface area contributed by atoms with E-state index in [9.17, 15) is 4.39 Å². The van der Waals surface area contributed by atoms with Gasteiger partial charge < -0.3 is 10.3 Å². The van der Waals surface area contributed by atoms with Crippen LogP contribution in [0.4, 0.5) is 10.3 Å². The summed E-state index contributed by atoms with van der Waals surface area (Å²) in [4.78, 5) is 8.39. The number of hydrogen-bond acceptors (Lipinski definition) is 3. The Bertz CT molecular complexity index is 770. The fourth-order valence-corrected chi connectivity index (χ4v) is 2.62. The Labute approximate surface area is 123 Å². The van der Waals surface area contributed by atoms with Crippen molar-refractivity contribution in [1.29, 1.82) is 0 Å². The second kappa shape index (κ2) is 4.86. The Morgan fingerprint density at radius 2 is 2.20 bits per heavy atom. The second-order valence-corrected chi connectivity index (χ2v) is 5.41. The molecule has 2 N–H and O–H groups in total. The van der Waals surface area contributed by atoms with Gasteiger partial charge in [-0.05, 0) is 40.5 Å². The summed E-state index contributed by atoms with van der Waals surface area (Å²) in [7, 11) is 0. The summed E-state index contributed by atoms with van der Waals surface area (Å²) in [6, 6.07) is 6.81. The van der Waals surface area contributed by atoms with Crippen LogP contribution >= 0.6 is 15.9 Å². The van der Waals surface area contributed by atoms with E-state index in [-0.39, 0.29) is 11.9 Å². The lowest BCUT2D eigenvalue weighted by molar-refractivity contribution is 0.618. The molecule has 0 saturated heterocycles. The molecular weight excluding hydrogens is 323 g/mol. The van der Waals surface area contributed by atoms with Crippen LogP contribution in [-0.2, 0) is 0 Å². The molecule has 0 aliphatic rings. The first-order valence-corrected chi connectivity index (χ1v) is 6.89. The van der Waals surface area contributed by atoms with Crippen molar-refractivity contribution in [2.45, 2.75) is 13.0 Å². The highest BCUT2D eigenvalue weighted by Crippen LogP contribution is 2.30. The number of nitrogens with zero attached hydrogens (tertiary/aromatic N) is 3. The van der Waals surface area contributed by atoms with E-state index >= 15 is 0 Å². The second-order valence-electron chi connectivity index (χ2n) is 4.56. The highest BCUT2D eigenvalue weighted by molar-refractivity contribution is 9.10. The van der Waals surface area contributed by atoms with Crippen LogP contribution in [0.2, 0.25) is 0 Å². The van der Waals surface area contributed by atoms with Crippen molar-refractivity contribution in [3.8, 4) is 0 Å². The first-order chi connectivity index (χ1) is 9.58. The number of nitrogens with two attached hydrogens (primary N) is 1. The van der Waals surface area contributed by atoms with Gasteiger partial charge in [-0.2, -0.15) is 0 Å². The van der Waals surface area contributed by atoms with E-state index in [0.717, 1.165) is 5.56 Å². The molecule has 0 fully saturated rings. The minimum atomic E-state index is -0.336. The summed E-state index contributed by atoms with van der Waals surface area (Å²) in [6.45, 7) is 1.98. The van der Waals surface area contributed by atoms with Crippen LogP contribution in [0.3, 0.4) is 0 Å². The lowest BCUT2D eigenvalue weighted by Gasteiger charge is -2.16. The number of pyridine rings is 1. The number of nitrogen functional groups attached to an aromatic ring is 1. The summed E-state index contributed by atoms with van der Waals surface area (Å²) >= 11 is 3.16. The molecular formula is C14H12BrFN4. The van der Waals surface area contributed by atoms with Crippen molar-refractivity contribution >= 4 is 32.9 Å². The number of halogens is 2. The van der Waals surface area contributed by atoms with Gasteiger partial charge in [0.25, 0.3) is 0 Å². The molecule has 0 amide bonds. The van der Waals surface area contributed by atoms with Crippen LogP contribution in [-0.4, -0.2) is 14.5 Å². The molecule has 0 aliphatic heterocycles. The molecule has 0 spiro atoms. The zero-order valence-electron chi connectivity index (χ0n) is 10.7. The summed E-state index contributed by atoms with van der Waals surface area (Å²) < 4.78 is 15.9. The molecule has 3 rings (SSSR count). The van der Waals surface area contributed by atoms with Gasteiger partial charge in [0.15, 0.2) is 0 Å². The van der Waals surface area contributed by atoms with E-state index < -0.39 is 0 Å². The van der Waals surface area contributed by atoms with E-state index in [1.54, 1.807) is 18.5 Å². The standard InChI is InChI=1S/C14H12BrFN4/c1-8(9-3-2-4-18-7-9)20-13-6-11(16)10(15)5-12(13)19-14(20)17/h2-8H,1H3,(H2,17,19). The molecule has 0 saturated carbocycles. The third-order valence-corrected chi connectivity index (χ3v) is 3.92. The van der Waals surface area contributed by atoms with E-state index in [1.165, 1.54) is 6.07 Å². The van der Waals surface area contributed by atoms with E-state index in [2.05, 4.69) is 25.9 Å². The van der Waals surface area contributed by atoms with Crippen molar-refractivity contribution in [1.82, 2.24) is 14.5 Å². The number of imidazole rings is 1. The maximum Gasteiger partial charge on any atom is 0.201 e. The van der Waals surface area contributed by atoms with Crippen LogP contribution in [0.5, 0.6) is 0 Å². The quantitative estimate of drug-likeness (QED) is 0.779. The zero-order chi connectivity index (χ0) is 14.3. The summed E-state index contributed by atoms with van der Waals surface area (Å²) in [6.07, 6.45) is 3.48. The number of aromatic nitrogens is 3. The number of fused-ring (bicyclic) bond motifs is 1. The number of hydrogen-bond donors (Lipinski definition) is 1. The molecule has 1 unspecified atom stereocenters. The average molecular weight is 335 g/mol. The highest BCUT2D eigenvalue weighted by Gasteiger charge is 2.17. The molecule has 0 bridgehead atoms. The lowest BCUT2D eigenvalue weighted by Crippen LogP contribution is -2.10. The minimum Gasteiger partial charge on any atom is -0.369 e. The minimum absolute atomic E-state index is 0.0747. The first-order valence-electron chi connectivity index (χ1n) is 6.10. The lowest BCUT2D eigenvalue weighted by atomic mass is 10.1. The van der Waals surface area contributed by atoms with Crippen LogP contribution in [0.25, 0.3) is 11.0 Å². The maximum absolute atomic E-state index is 13.8. The molecule has 2 aromatic heterocycles. The Morgan fingerprint density at radius 1 is 1.40 bits per heavy atom. The van der Waals surface area contributed by atoms with Gasteiger partial charge >= 0.3 is 0 Å². The van der Waals surface area contributed by atoms with Crippen molar-refractivity contribution in [3.05, 3.63) is 52.5 Å². The van der Waals surface area contributed by atoms with Gasteiger partial charge in [0, 0.05) is 18.5 Å². The first kappa shape index (κ1) is 13.1. The van der Waals surface area contributed by atoms with Crippen LogP contribution in [0.15, 0.2) is 41.1 Å². The molecule has 102 valence electrons. The predicted molar refractivity (Wildman–Crippen MR) is 79.9 cm³/mol. The molecule has 6 heteroatoms. The molecule has 1 aromatic carbocycles. The largest absolute Gasteiger partial charge is 0.369 e. The van der Waals surface area contributed by atoms with Gasteiger partial charge in [-0.15, -0.1) is 0 Å². The average Bonchev–Trinajstić information content (AvgIpc) is 2.75. The molecule has 0 aliphatic carbocycles. The van der Waals surface area contributed by atoms with Crippen molar-refractivity contribution in [2.75, 3.05) is 5.73 Å². The Morgan fingerprint density at radius 3 is 2.90 bits per heavy atom. The zero-order valence-corrected chi connectivity index (χ0v) is 12.3. The van der Waals surface area contributed by atoms with Crippen LogP contribution in [0, 0.1) is 5.82 Å². The molecule has 3 aromatic rings. The SMILES string of the molecule is CC(c1cccnc1)n1c(N)nc2cc(Br)c(F)cc21. The molecule has 0 radical (unpaired) electrons. The summed E-state index contributed by atoms with van der Waals surface area (Å²) in [5.41, 5.74) is 8.30. The fraction of sp³-hybridized carbons (Fsp3) is 0.143. The summed E-state index contributed by atoms with van der Waals surface area (Å²) in [5, 5.41) is 0. The van der Waals surface area contributed by atoms with Crippen molar-refractivity contribution in [2.24, 2.45) is 0 Å². The van der Waals surface area contributed by atoms with E-state index in [1.807, 2.05) is 23.6 Å². The molecule has 4 nitrogen and oxygen atoms in total. The van der Waals surface area contributed by atoms with E-state index in [0.29, 0.717) is 21.5 Å². The summed E-state index contributed by atoms with van der Waals surface area (Å²) in [5.74, 6) is 0.0193. The molecule has 20 heavy (non-hydrogen) atoms. The van der Waals surface area contributed by atoms with Gasteiger partial charge in [0.05, 0.1) is 21.5 Å². The van der Waals surface area contributed by atoms with Gasteiger partial charge in [-0.1, -0.05) is 6.07 Å². The number of rotatable bonds is 2. The number of benzene rings is 1. The van der Waals surface area contributed by atoms with Gasteiger partial charge in [0.2, 0.25) is 5.95 Å². The topological polar surface area (TPSA) is 56.7 Å². The Kier molecular flexibility index (Phi) is 3.17. The highest BCUT2D eigenvalue weighted by atomic mass is 79.9. The van der Waals surface area contributed by atoms with Gasteiger partial charge in [-0.3, -0.25) is 4.98 Å². The van der Waals surface area contributed by atoms with Crippen LogP contribution in [0.1, 0.15) is 18.5 Å². The Hall–Kier alpha value is -1.95. The Balaban J connectivity index is 2.21. The van der Waals surface area contributed by atoms with Gasteiger partial charge in [-0.25, -0.2) is 9.37 Å². The third-order valence-electron chi connectivity index (χ3n) is 3.31. The monoisotopic (exact) mass is 334 g/mol. The predicted octanol–water partition coefficient (Wildman–Crippen LogP) is 3.52. The van der Waals surface area contributed by atoms with Gasteiger partial charge in [0.1, 0.15) is 5.82 Å². The smallest absolute Gasteiger partial charge is 0.201 e. The number of anilines is 1. The molecule has 2 heterocycles. The van der Waals surface area contributed by atoms with E-state index in [4.69, 9.17) is 5.73 Å². The normalized spacial score (nSPS) is 12.8. The third kappa shape index (κ3) is 2.06. The van der Waals surface area contributed by atoms with Crippen molar-refractivity contribution in [3.63, 3.8) is 0 Å². The van der Waals surface area contributed by atoms with Crippen LogP contribution < -0.4 is 5.73 Å². The van der Waals surface area contributed by atoms with Crippen molar-refractivity contribution < 1.29 is 4.39 Å². The fourth-order valence-electron chi connectivity index (χ4n) is 2.29.